The van der Waals surface area contributed by atoms with E-state index in [0.29, 0.717) is 35.7 Å². The molecular weight excluding hydrogens is 522 g/mol. The third-order valence-electron chi connectivity index (χ3n) is 6.15. The predicted octanol–water partition coefficient (Wildman–Crippen LogP) is 5.08. The zero-order chi connectivity index (χ0) is 28.3. The lowest BCUT2D eigenvalue weighted by Crippen LogP contribution is -2.33. The van der Waals surface area contributed by atoms with Gasteiger partial charge in [0, 0.05) is 71.9 Å². The number of aromatic carboxylic acids is 1. The van der Waals surface area contributed by atoms with Gasteiger partial charge >= 0.3 is 12.1 Å². The number of carbonyl (C=O) groups is 2. The van der Waals surface area contributed by atoms with Crippen LogP contribution in [0, 0.1) is 6.92 Å². The Hall–Kier alpha value is -4.05. The summed E-state index contributed by atoms with van der Waals surface area (Å²) in [7, 11) is 1.72. The fraction of sp³-hybridized carbons (Fsp3) is 0.357. The van der Waals surface area contributed by atoms with E-state index in [0.717, 1.165) is 28.2 Å². The number of pyridine rings is 1. The van der Waals surface area contributed by atoms with Crippen molar-refractivity contribution in [3.05, 3.63) is 70.4 Å². The number of benzene rings is 1. The summed E-state index contributed by atoms with van der Waals surface area (Å²) in [6.07, 6.45) is 4.21. The van der Waals surface area contributed by atoms with Gasteiger partial charge in [-0.15, -0.1) is 0 Å². The summed E-state index contributed by atoms with van der Waals surface area (Å²) in [6, 6.07) is 9.23. The van der Waals surface area contributed by atoms with E-state index < -0.39 is 17.7 Å². The van der Waals surface area contributed by atoms with E-state index in [2.05, 4.69) is 15.4 Å². The molecule has 0 radical (unpaired) electrons. The molecule has 3 aromatic heterocycles. The third-order valence-corrected chi connectivity index (χ3v) is 6.39. The van der Waals surface area contributed by atoms with Gasteiger partial charge in [-0.25, -0.2) is 14.6 Å². The summed E-state index contributed by atoms with van der Waals surface area (Å²) >= 11 is 6.35. The summed E-state index contributed by atoms with van der Waals surface area (Å²) < 4.78 is 15.0. The molecule has 39 heavy (non-hydrogen) atoms. The van der Waals surface area contributed by atoms with E-state index in [-0.39, 0.29) is 12.3 Å². The van der Waals surface area contributed by atoms with Gasteiger partial charge < -0.3 is 24.3 Å². The van der Waals surface area contributed by atoms with Crippen LogP contribution in [0.2, 0.25) is 5.02 Å². The maximum Gasteiger partial charge on any atom is 0.407 e. The molecular formula is C28H32ClN5O5. The van der Waals surface area contributed by atoms with Crippen LogP contribution in [0.4, 0.5) is 4.79 Å². The van der Waals surface area contributed by atoms with E-state index in [1.165, 1.54) is 0 Å². The number of halogens is 1. The molecule has 0 fully saturated rings. The van der Waals surface area contributed by atoms with Crippen LogP contribution >= 0.6 is 11.6 Å². The number of fused-ring (bicyclic) bond motifs is 1. The first kappa shape index (κ1) is 28.0. The van der Waals surface area contributed by atoms with Gasteiger partial charge in [0.2, 0.25) is 0 Å². The Labute approximate surface area is 231 Å². The number of carboxylic acids is 1. The van der Waals surface area contributed by atoms with Gasteiger partial charge in [0.15, 0.2) is 5.69 Å². The molecule has 0 aliphatic rings. The molecule has 0 spiro atoms. The lowest BCUT2D eigenvalue weighted by molar-refractivity contribution is 0.0527. The number of carboxylic acid groups (broad SMARTS) is 1. The van der Waals surface area contributed by atoms with Crippen molar-refractivity contribution >= 4 is 29.3 Å². The second-order valence-corrected chi connectivity index (χ2v) is 10.6. The number of aryl methyl sites for hydroxylation is 1. The number of carbonyl (C=O) groups excluding carboxylic acids is 1. The zero-order valence-electron chi connectivity index (χ0n) is 22.6. The molecule has 11 heteroatoms. The highest BCUT2D eigenvalue weighted by molar-refractivity contribution is 6.31. The summed E-state index contributed by atoms with van der Waals surface area (Å²) in [5.74, 6) is -0.447. The number of alkyl carbamates (subject to hydrolysis) is 1. The quantitative estimate of drug-likeness (QED) is 0.296. The van der Waals surface area contributed by atoms with E-state index in [1.54, 1.807) is 30.1 Å². The fourth-order valence-electron chi connectivity index (χ4n) is 4.22. The average molecular weight is 554 g/mol. The van der Waals surface area contributed by atoms with Crippen molar-refractivity contribution < 1.29 is 24.2 Å². The Morgan fingerprint density at radius 3 is 2.64 bits per heavy atom. The van der Waals surface area contributed by atoms with Crippen LogP contribution in [0.3, 0.4) is 0 Å². The van der Waals surface area contributed by atoms with Crippen molar-refractivity contribution in [3.8, 4) is 16.9 Å². The van der Waals surface area contributed by atoms with E-state index in [9.17, 15) is 14.7 Å². The van der Waals surface area contributed by atoms with Gasteiger partial charge in [0.1, 0.15) is 17.0 Å². The molecule has 206 valence electrons. The summed E-state index contributed by atoms with van der Waals surface area (Å²) in [5, 5.41) is 16.9. The highest BCUT2D eigenvalue weighted by Gasteiger charge is 2.19. The number of rotatable bonds is 9. The minimum atomic E-state index is -1.06. The monoisotopic (exact) mass is 553 g/mol. The Morgan fingerprint density at radius 1 is 1.15 bits per heavy atom. The highest BCUT2D eigenvalue weighted by Crippen LogP contribution is 2.33. The Bertz CT molecular complexity index is 1520. The van der Waals surface area contributed by atoms with Crippen molar-refractivity contribution in [1.29, 1.82) is 0 Å². The van der Waals surface area contributed by atoms with Crippen LogP contribution in [0.5, 0.6) is 5.75 Å². The van der Waals surface area contributed by atoms with Crippen LogP contribution in [-0.4, -0.2) is 55.1 Å². The lowest BCUT2D eigenvalue weighted by atomic mass is 10.1. The molecule has 3 heterocycles. The average Bonchev–Trinajstić information content (AvgIpc) is 3.39. The second-order valence-electron chi connectivity index (χ2n) is 10.2. The fourth-order valence-corrected chi connectivity index (χ4v) is 4.39. The molecule has 10 nitrogen and oxygen atoms in total. The first-order chi connectivity index (χ1) is 18.4. The molecule has 4 aromatic rings. The Morgan fingerprint density at radius 2 is 1.92 bits per heavy atom. The maximum atomic E-state index is 12.0. The van der Waals surface area contributed by atoms with Crippen LogP contribution in [0.1, 0.15) is 48.2 Å². The SMILES string of the molecule is Cc1c(CCOc2ccc(Cl)cc2-c2ccc3ncc(CCNC(=O)OC(C)(C)C)n3c2)c(C(=O)O)nn1C. The van der Waals surface area contributed by atoms with Gasteiger partial charge in [-0.3, -0.25) is 4.68 Å². The molecule has 0 aliphatic heterocycles. The van der Waals surface area contributed by atoms with Crippen LogP contribution in [-0.2, 0) is 24.6 Å². The third kappa shape index (κ3) is 6.69. The molecule has 0 bridgehead atoms. The van der Waals surface area contributed by atoms with Crippen molar-refractivity contribution in [2.45, 2.75) is 46.1 Å². The molecule has 0 atom stereocenters. The van der Waals surface area contributed by atoms with Gasteiger partial charge in [-0.1, -0.05) is 11.6 Å². The van der Waals surface area contributed by atoms with Crippen molar-refractivity contribution in [1.82, 2.24) is 24.5 Å². The molecule has 4 rings (SSSR count). The standard InChI is InChI=1S/C28H32ClN5O5/c1-17-21(25(26(35)36)32-33(17)5)11-13-38-23-8-7-19(29)14-22(23)18-6-9-24-31-15-20(34(24)16-18)10-12-30-27(37)39-28(2,3)4/h6-9,14-16H,10-13H2,1-5H3,(H,30,37)(H,35,36). The Balaban J connectivity index is 1.52. The van der Waals surface area contributed by atoms with Gasteiger partial charge in [0.25, 0.3) is 0 Å². The van der Waals surface area contributed by atoms with Gasteiger partial charge in [0.05, 0.1) is 6.61 Å². The number of aromatic nitrogens is 4. The largest absolute Gasteiger partial charge is 0.493 e. The number of nitrogens with one attached hydrogen (secondary N) is 1. The van der Waals surface area contributed by atoms with Gasteiger partial charge in [-0.05, 0) is 58.0 Å². The van der Waals surface area contributed by atoms with Crippen LogP contribution in [0.15, 0.2) is 42.7 Å². The molecule has 1 amide bonds. The molecule has 2 N–H and O–H groups in total. The number of ether oxygens (including phenoxy) is 2. The number of hydrogen-bond acceptors (Lipinski definition) is 6. The summed E-state index contributed by atoms with van der Waals surface area (Å²) in [6.45, 7) is 7.95. The van der Waals surface area contributed by atoms with E-state index >= 15 is 0 Å². The first-order valence-electron chi connectivity index (χ1n) is 12.5. The molecule has 0 aliphatic carbocycles. The van der Waals surface area contributed by atoms with Crippen molar-refractivity contribution in [3.63, 3.8) is 0 Å². The molecule has 1 aromatic carbocycles. The number of imidazole rings is 1. The second kappa shape index (κ2) is 11.4. The first-order valence-corrected chi connectivity index (χ1v) is 12.9. The maximum absolute atomic E-state index is 12.0. The lowest BCUT2D eigenvalue weighted by Gasteiger charge is -2.19. The number of hydrogen-bond donors (Lipinski definition) is 2. The highest BCUT2D eigenvalue weighted by atomic mass is 35.5. The minimum absolute atomic E-state index is 0.0363. The number of amides is 1. The minimum Gasteiger partial charge on any atom is -0.493 e. The van der Waals surface area contributed by atoms with E-state index in [1.807, 2.05) is 56.5 Å². The molecule has 0 unspecified atom stereocenters. The van der Waals surface area contributed by atoms with Gasteiger partial charge in [-0.2, -0.15) is 5.10 Å². The topological polar surface area (TPSA) is 120 Å². The smallest absolute Gasteiger partial charge is 0.407 e. The Kier molecular flexibility index (Phi) is 8.15. The zero-order valence-corrected chi connectivity index (χ0v) is 23.4. The predicted molar refractivity (Wildman–Crippen MR) is 148 cm³/mol. The normalized spacial score (nSPS) is 11.5. The van der Waals surface area contributed by atoms with Crippen LogP contribution < -0.4 is 10.1 Å². The number of nitrogens with zero attached hydrogens (tertiary/aromatic N) is 4. The van der Waals surface area contributed by atoms with E-state index in [4.69, 9.17) is 21.1 Å². The van der Waals surface area contributed by atoms with Crippen LogP contribution in [0.25, 0.3) is 16.8 Å². The van der Waals surface area contributed by atoms with Crippen molar-refractivity contribution in [2.75, 3.05) is 13.2 Å². The molecule has 0 saturated heterocycles. The summed E-state index contributed by atoms with van der Waals surface area (Å²) in [4.78, 5) is 28.1. The summed E-state index contributed by atoms with van der Waals surface area (Å²) in [5.41, 5.74) is 4.24. The van der Waals surface area contributed by atoms with Crippen molar-refractivity contribution in [2.24, 2.45) is 7.05 Å². The molecule has 0 saturated carbocycles.